The maximum Gasteiger partial charge on any atom is 0.273 e. The first kappa shape index (κ1) is 17.4. The molecule has 1 aliphatic heterocycles. The van der Waals surface area contributed by atoms with Gasteiger partial charge in [-0.25, -0.2) is 9.97 Å². The Balaban J connectivity index is 1.65. The molecule has 2 aromatic rings. The van der Waals surface area contributed by atoms with E-state index in [1.807, 2.05) is 6.07 Å². The molecule has 1 aromatic heterocycles. The average Bonchev–Trinajstić information content (AvgIpc) is 2.61. The topological polar surface area (TPSA) is 84.1 Å². The minimum absolute atomic E-state index is 0.149. The molecule has 0 unspecified atom stereocenters. The normalized spacial score (nSPS) is 18.0. The van der Waals surface area contributed by atoms with Gasteiger partial charge in [0.15, 0.2) is 11.5 Å². The van der Waals surface area contributed by atoms with Crippen LogP contribution in [0, 0.1) is 5.92 Å². The number of hydrogen-bond acceptors (Lipinski definition) is 5. The molecule has 1 fully saturated rings. The third-order valence-electron chi connectivity index (χ3n) is 4.63. The van der Waals surface area contributed by atoms with Crippen LogP contribution in [-0.2, 0) is 13.1 Å². The summed E-state index contributed by atoms with van der Waals surface area (Å²) in [6.45, 7) is 5.96. The summed E-state index contributed by atoms with van der Waals surface area (Å²) in [7, 11) is 0. The third-order valence-corrected chi connectivity index (χ3v) is 4.63. The number of piperidine rings is 1. The Bertz CT molecular complexity index is 733. The predicted octanol–water partition coefficient (Wildman–Crippen LogP) is 2.22. The standard InChI is InChI=1S/C19H25N5O/c1-14-5-4-10-24(12-14)13-16-7-3-2-6-15(16)11-23-19(25)17-18(20)22-9-8-21-17/h2-3,6-9,14H,4-5,10-13H2,1H3,(H2,20,22)(H,23,25)/t14-/m1/s1. The summed E-state index contributed by atoms with van der Waals surface area (Å²) in [5, 5.41) is 2.90. The lowest BCUT2D eigenvalue weighted by molar-refractivity contribution is 0.0946. The Morgan fingerprint density at radius 3 is 2.80 bits per heavy atom. The Labute approximate surface area is 148 Å². The van der Waals surface area contributed by atoms with Gasteiger partial charge in [-0.2, -0.15) is 0 Å². The van der Waals surface area contributed by atoms with Gasteiger partial charge in [0.25, 0.3) is 5.91 Å². The number of rotatable bonds is 5. The summed E-state index contributed by atoms with van der Waals surface area (Å²) in [6, 6.07) is 8.25. The number of anilines is 1. The van der Waals surface area contributed by atoms with Crippen molar-refractivity contribution in [3.63, 3.8) is 0 Å². The molecule has 1 aromatic carbocycles. The van der Waals surface area contributed by atoms with E-state index >= 15 is 0 Å². The second kappa shape index (κ2) is 8.07. The highest BCUT2D eigenvalue weighted by atomic mass is 16.1. The van der Waals surface area contributed by atoms with E-state index in [0.29, 0.717) is 6.54 Å². The first-order chi connectivity index (χ1) is 12.1. The predicted molar refractivity (Wildman–Crippen MR) is 97.7 cm³/mol. The number of carbonyl (C=O) groups excluding carboxylic acids is 1. The molecule has 25 heavy (non-hydrogen) atoms. The number of likely N-dealkylation sites (tertiary alicyclic amines) is 1. The molecule has 1 atom stereocenters. The number of amides is 1. The smallest absolute Gasteiger partial charge is 0.273 e. The molecule has 2 heterocycles. The minimum atomic E-state index is -0.299. The lowest BCUT2D eigenvalue weighted by atomic mass is 9.99. The van der Waals surface area contributed by atoms with Crippen molar-refractivity contribution in [1.29, 1.82) is 0 Å². The molecule has 1 saturated heterocycles. The van der Waals surface area contributed by atoms with E-state index in [-0.39, 0.29) is 17.4 Å². The van der Waals surface area contributed by atoms with Crippen molar-refractivity contribution in [2.24, 2.45) is 5.92 Å². The molecule has 0 saturated carbocycles. The Morgan fingerprint density at radius 2 is 2.04 bits per heavy atom. The second-order valence-electron chi connectivity index (χ2n) is 6.72. The summed E-state index contributed by atoms with van der Waals surface area (Å²) < 4.78 is 0. The van der Waals surface area contributed by atoms with Crippen molar-refractivity contribution >= 4 is 11.7 Å². The van der Waals surface area contributed by atoms with Gasteiger partial charge in [0, 0.05) is 32.0 Å². The lowest BCUT2D eigenvalue weighted by Gasteiger charge is -2.31. The Hall–Kier alpha value is -2.47. The Kier molecular flexibility index (Phi) is 5.60. The molecule has 6 nitrogen and oxygen atoms in total. The molecule has 132 valence electrons. The molecule has 0 bridgehead atoms. The largest absolute Gasteiger partial charge is 0.382 e. The Morgan fingerprint density at radius 1 is 1.28 bits per heavy atom. The van der Waals surface area contributed by atoms with Gasteiger partial charge in [-0.15, -0.1) is 0 Å². The third kappa shape index (κ3) is 4.54. The first-order valence-corrected chi connectivity index (χ1v) is 8.77. The van der Waals surface area contributed by atoms with Crippen LogP contribution in [0.15, 0.2) is 36.7 Å². The molecule has 3 rings (SSSR count). The van der Waals surface area contributed by atoms with Crippen molar-refractivity contribution in [3.05, 3.63) is 53.5 Å². The van der Waals surface area contributed by atoms with Crippen molar-refractivity contribution in [2.75, 3.05) is 18.8 Å². The van der Waals surface area contributed by atoms with Gasteiger partial charge < -0.3 is 11.1 Å². The number of hydrogen-bond donors (Lipinski definition) is 2. The molecule has 0 spiro atoms. The van der Waals surface area contributed by atoms with E-state index in [4.69, 9.17) is 5.73 Å². The van der Waals surface area contributed by atoms with E-state index in [0.717, 1.165) is 31.1 Å². The van der Waals surface area contributed by atoms with Gasteiger partial charge in [0.2, 0.25) is 0 Å². The van der Waals surface area contributed by atoms with Gasteiger partial charge in [-0.3, -0.25) is 9.69 Å². The lowest BCUT2D eigenvalue weighted by Crippen LogP contribution is -2.34. The van der Waals surface area contributed by atoms with Crippen LogP contribution < -0.4 is 11.1 Å². The number of nitrogens with one attached hydrogen (secondary N) is 1. The summed E-state index contributed by atoms with van der Waals surface area (Å²) in [5.74, 6) is 0.600. The number of nitrogens with two attached hydrogens (primary N) is 1. The average molecular weight is 339 g/mol. The van der Waals surface area contributed by atoms with Crippen LogP contribution in [0.2, 0.25) is 0 Å². The number of nitrogen functional groups attached to an aromatic ring is 1. The zero-order valence-electron chi connectivity index (χ0n) is 14.6. The molecule has 3 N–H and O–H groups in total. The molecule has 0 aliphatic carbocycles. The van der Waals surface area contributed by atoms with Crippen LogP contribution in [0.25, 0.3) is 0 Å². The highest BCUT2D eigenvalue weighted by molar-refractivity contribution is 5.96. The fraction of sp³-hybridized carbons (Fsp3) is 0.421. The number of nitrogens with zero attached hydrogens (tertiary/aromatic N) is 3. The van der Waals surface area contributed by atoms with E-state index < -0.39 is 0 Å². The molecule has 0 radical (unpaired) electrons. The molecule has 1 aliphatic rings. The molecule has 6 heteroatoms. The van der Waals surface area contributed by atoms with Gasteiger partial charge in [-0.05, 0) is 36.4 Å². The molecular formula is C19H25N5O. The van der Waals surface area contributed by atoms with Gasteiger partial charge in [0.05, 0.1) is 0 Å². The van der Waals surface area contributed by atoms with Crippen molar-refractivity contribution in [3.8, 4) is 0 Å². The fourth-order valence-corrected chi connectivity index (χ4v) is 3.34. The van der Waals surface area contributed by atoms with Gasteiger partial charge in [0.1, 0.15) is 0 Å². The zero-order valence-corrected chi connectivity index (χ0v) is 14.6. The fourth-order valence-electron chi connectivity index (χ4n) is 3.34. The summed E-state index contributed by atoms with van der Waals surface area (Å²) in [6.07, 6.45) is 5.51. The highest BCUT2D eigenvalue weighted by Gasteiger charge is 2.18. The summed E-state index contributed by atoms with van der Waals surface area (Å²) in [4.78, 5) is 22.7. The SMILES string of the molecule is C[C@@H]1CCCN(Cc2ccccc2CNC(=O)c2nccnc2N)C1. The van der Waals surface area contributed by atoms with E-state index in [2.05, 4.69) is 45.3 Å². The van der Waals surface area contributed by atoms with Crippen LogP contribution in [0.3, 0.4) is 0 Å². The van der Waals surface area contributed by atoms with E-state index in [1.165, 1.54) is 30.8 Å². The zero-order chi connectivity index (χ0) is 17.6. The van der Waals surface area contributed by atoms with E-state index in [1.54, 1.807) is 0 Å². The van der Waals surface area contributed by atoms with Crippen LogP contribution in [0.5, 0.6) is 0 Å². The minimum Gasteiger partial charge on any atom is -0.382 e. The summed E-state index contributed by atoms with van der Waals surface area (Å²) >= 11 is 0. The van der Waals surface area contributed by atoms with Crippen molar-refractivity contribution in [1.82, 2.24) is 20.2 Å². The first-order valence-electron chi connectivity index (χ1n) is 8.77. The van der Waals surface area contributed by atoms with Crippen LogP contribution >= 0.6 is 0 Å². The molecule has 1 amide bonds. The number of aromatic nitrogens is 2. The van der Waals surface area contributed by atoms with Crippen molar-refractivity contribution < 1.29 is 4.79 Å². The maximum atomic E-state index is 12.3. The van der Waals surface area contributed by atoms with Crippen molar-refractivity contribution in [2.45, 2.75) is 32.9 Å². The van der Waals surface area contributed by atoms with E-state index in [9.17, 15) is 4.79 Å². The van der Waals surface area contributed by atoms with Gasteiger partial charge in [-0.1, -0.05) is 31.2 Å². The molecular weight excluding hydrogens is 314 g/mol. The second-order valence-corrected chi connectivity index (χ2v) is 6.72. The van der Waals surface area contributed by atoms with Crippen LogP contribution in [0.4, 0.5) is 5.82 Å². The van der Waals surface area contributed by atoms with Crippen LogP contribution in [-0.4, -0.2) is 33.9 Å². The quantitative estimate of drug-likeness (QED) is 0.872. The van der Waals surface area contributed by atoms with Gasteiger partial charge >= 0.3 is 0 Å². The number of carbonyl (C=O) groups is 1. The maximum absolute atomic E-state index is 12.3. The number of benzene rings is 1. The van der Waals surface area contributed by atoms with Crippen LogP contribution in [0.1, 0.15) is 41.4 Å². The summed E-state index contributed by atoms with van der Waals surface area (Å²) in [5.41, 5.74) is 8.26. The highest BCUT2D eigenvalue weighted by Crippen LogP contribution is 2.19. The monoisotopic (exact) mass is 339 g/mol.